The van der Waals surface area contributed by atoms with Gasteiger partial charge in [-0.1, -0.05) is 0 Å². The van der Waals surface area contributed by atoms with Gasteiger partial charge in [0.1, 0.15) is 6.17 Å². The minimum Gasteiger partial charge on any atom is -0.264 e. The first-order valence-corrected chi connectivity index (χ1v) is 3.45. The molecule has 1 heterocycles. The Bertz CT molecular complexity index is 247. The first kappa shape index (κ1) is 5.83. The topological polar surface area (TPSA) is 12.9 Å². The van der Waals surface area contributed by atoms with Crippen LogP contribution in [-0.4, -0.2) is 4.98 Å². The van der Waals surface area contributed by atoms with Crippen LogP contribution in [0.3, 0.4) is 0 Å². The van der Waals surface area contributed by atoms with Gasteiger partial charge in [0.25, 0.3) is 0 Å². The fourth-order valence-electron chi connectivity index (χ4n) is 1.39. The Hall–Kier alpha value is -0.920. The number of fused-ring (bicyclic) bond motifs is 1. The van der Waals surface area contributed by atoms with Crippen LogP contribution in [0.4, 0.5) is 4.39 Å². The Kier molecular flexibility index (Phi) is 1.19. The second kappa shape index (κ2) is 2.04. The smallest absolute Gasteiger partial charge is 0.126 e. The fourth-order valence-corrected chi connectivity index (χ4v) is 1.39. The highest BCUT2D eigenvalue weighted by Gasteiger charge is 2.20. The van der Waals surface area contributed by atoms with Crippen molar-refractivity contribution >= 4 is 0 Å². The summed E-state index contributed by atoms with van der Waals surface area (Å²) in [5.74, 6) is 0. The van der Waals surface area contributed by atoms with Crippen molar-refractivity contribution in [3.8, 4) is 0 Å². The molecule has 52 valence electrons. The van der Waals surface area contributed by atoms with Crippen LogP contribution < -0.4 is 0 Å². The lowest BCUT2D eigenvalue weighted by Crippen LogP contribution is -1.84. The number of hydrogen-bond donors (Lipinski definition) is 0. The normalized spacial score (nSPS) is 22.7. The summed E-state index contributed by atoms with van der Waals surface area (Å²) in [6.07, 6.45) is 4.16. The van der Waals surface area contributed by atoms with Crippen molar-refractivity contribution in [2.24, 2.45) is 0 Å². The summed E-state index contributed by atoms with van der Waals surface area (Å²) in [5.41, 5.74) is 1.92. The Labute approximate surface area is 58.9 Å². The van der Waals surface area contributed by atoms with Gasteiger partial charge in [-0.05, 0) is 30.0 Å². The lowest BCUT2D eigenvalue weighted by atomic mass is 10.2. The van der Waals surface area contributed by atoms with Gasteiger partial charge in [0.2, 0.25) is 0 Å². The molecule has 1 nitrogen and oxygen atoms in total. The van der Waals surface area contributed by atoms with Crippen LogP contribution in [0.15, 0.2) is 18.5 Å². The molecule has 0 aromatic carbocycles. The molecule has 0 N–H and O–H groups in total. The van der Waals surface area contributed by atoms with Gasteiger partial charge in [0, 0.05) is 12.4 Å². The largest absolute Gasteiger partial charge is 0.264 e. The van der Waals surface area contributed by atoms with E-state index in [1.54, 1.807) is 18.5 Å². The maximum absolute atomic E-state index is 12.9. The van der Waals surface area contributed by atoms with Gasteiger partial charge < -0.3 is 0 Å². The molecule has 1 aliphatic carbocycles. The third kappa shape index (κ3) is 0.719. The molecule has 2 rings (SSSR count). The number of aryl methyl sites for hydroxylation is 1. The van der Waals surface area contributed by atoms with E-state index in [1.807, 2.05) is 0 Å². The number of halogens is 1. The van der Waals surface area contributed by atoms with E-state index in [4.69, 9.17) is 0 Å². The van der Waals surface area contributed by atoms with Gasteiger partial charge in [0.05, 0.1) is 0 Å². The zero-order valence-corrected chi connectivity index (χ0v) is 5.55. The monoisotopic (exact) mass is 137 g/mol. The highest BCUT2D eigenvalue weighted by molar-refractivity contribution is 5.29. The number of aromatic nitrogens is 1. The van der Waals surface area contributed by atoms with Crippen LogP contribution in [0.2, 0.25) is 0 Å². The molecule has 1 atom stereocenters. The van der Waals surface area contributed by atoms with Crippen molar-refractivity contribution in [1.29, 1.82) is 0 Å². The number of pyridine rings is 1. The van der Waals surface area contributed by atoms with Crippen molar-refractivity contribution in [2.45, 2.75) is 19.0 Å². The van der Waals surface area contributed by atoms with Crippen molar-refractivity contribution < 1.29 is 4.39 Å². The summed E-state index contributed by atoms with van der Waals surface area (Å²) >= 11 is 0. The number of nitrogens with zero attached hydrogens (tertiary/aromatic N) is 1. The molecule has 0 bridgehead atoms. The molecule has 10 heavy (non-hydrogen) atoms. The van der Waals surface area contributed by atoms with Gasteiger partial charge in [0.15, 0.2) is 0 Å². The first-order valence-electron chi connectivity index (χ1n) is 3.45. The summed E-state index contributed by atoms with van der Waals surface area (Å²) in [4.78, 5) is 3.92. The second-order valence-electron chi connectivity index (χ2n) is 2.58. The second-order valence-corrected chi connectivity index (χ2v) is 2.58. The lowest BCUT2D eigenvalue weighted by Gasteiger charge is -1.97. The van der Waals surface area contributed by atoms with Crippen LogP contribution in [-0.2, 0) is 6.42 Å². The van der Waals surface area contributed by atoms with E-state index in [0.29, 0.717) is 6.42 Å². The summed E-state index contributed by atoms with van der Waals surface area (Å²) in [6.45, 7) is 0. The van der Waals surface area contributed by atoms with Gasteiger partial charge in [-0.2, -0.15) is 0 Å². The van der Waals surface area contributed by atoms with E-state index in [2.05, 4.69) is 4.98 Å². The Morgan fingerprint density at radius 2 is 2.50 bits per heavy atom. The van der Waals surface area contributed by atoms with Crippen LogP contribution in [0.1, 0.15) is 23.7 Å². The summed E-state index contributed by atoms with van der Waals surface area (Å²) in [5, 5.41) is 0. The molecule has 0 spiro atoms. The lowest BCUT2D eigenvalue weighted by molar-refractivity contribution is 0.344. The fraction of sp³-hybridized carbons (Fsp3) is 0.375. The Morgan fingerprint density at radius 1 is 1.60 bits per heavy atom. The summed E-state index contributed by atoms with van der Waals surface area (Å²) in [6, 6.07) is 1.77. The zero-order chi connectivity index (χ0) is 6.97. The highest BCUT2D eigenvalue weighted by atomic mass is 19.1. The molecule has 1 aromatic heterocycles. The molecule has 1 aromatic rings. The van der Waals surface area contributed by atoms with Crippen LogP contribution in [0.5, 0.6) is 0 Å². The standard InChI is InChI=1S/C8H8FN/c9-8-2-1-6-5-10-4-3-7(6)8/h3-5,8H,1-2H2. The molecular formula is C8H8FN. The van der Waals surface area contributed by atoms with Crippen LogP contribution in [0, 0.1) is 0 Å². The Morgan fingerprint density at radius 3 is 3.30 bits per heavy atom. The summed E-state index contributed by atoms with van der Waals surface area (Å²) in [7, 11) is 0. The predicted octanol–water partition coefficient (Wildman–Crippen LogP) is 2.04. The molecule has 2 heteroatoms. The van der Waals surface area contributed by atoms with Gasteiger partial charge >= 0.3 is 0 Å². The van der Waals surface area contributed by atoms with Gasteiger partial charge in [-0.25, -0.2) is 4.39 Å². The minimum atomic E-state index is -0.738. The summed E-state index contributed by atoms with van der Waals surface area (Å²) < 4.78 is 12.9. The molecule has 0 saturated heterocycles. The van der Waals surface area contributed by atoms with Gasteiger partial charge in [-0.3, -0.25) is 4.98 Å². The van der Waals surface area contributed by atoms with E-state index < -0.39 is 6.17 Å². The van der Waals surface area contributed by atoms with Crippen molar-refractivity contribution in [1.82, 2.24) is 4.98 Å². The minimum absolute atomic E-state index is 0.640. The molecule has 0 fully saturated rings. The van der Waals surface area contributed by atoms with Crippen LogP contribution in [0.25, 0.3) is 0 Å². The van der Waals surface area contributed by atoms with Crippen LogP contribution >= 0.6 is 0 Å². The van der Waals surface area contributed by atoms with E-state index in [1.165, 1.54) is 0 Å². The SMILES string of the molecule is FC1CCc2cnccc21. The molecule has 0 saturated carbocycles. The van der Waals surface area contributed by atoms with Crippen molar-refractivity contribution in [3.63, 3.8) is 0 Å². The number of hydrogen-bond acceptors (Lipinski definition) is 1. The maximum Gasteiger partial charge on any atom is 0.126 e. The molecular weight excluding hydrogens is 129 g/mol. The molecule has 1 aliphatic rings. The average Bonchev–Trinajstić information content (AvgIpc) is 2.34. The van der Waals surface area contributed by atoms with Crippen molar-refractivity contribution in [3.05, 3.63) is 29.6 Å². The average molecular weight is 137 g/mol. The third-order valence-electron chi connectivity index (χ3n) is 1.95. The first-order chi connectivity index (χ1) is 4.88. The van der Waals surface area contributed by atoms with E-state index >= 15 is 0 Å². The number of alkyl halides is 1. The van der Waals surface area contributed by atoms with E-state index in [9.17, 15) is 4.39 Å². The van der Waals surface area contributed by atoms with Gasteiger partial charge in [-0.15, -0.1) is 0 Å². The third-order valence-corrected chi connectivity index (χ3v) is 1.95. The predicted molar refractivity (Wildman–Crippen MR) is 36.4 cm³/mol. The molecule has 0 amide bonds. The highest BCUT2D eigenvalue weighted by Crippen LogP contribution is 2.32. The Balaban J connectivity index is 2.51. The van der Waals surface area contributed by atoms with E-state index in [-0.39, 0.29) is 0 Å². The quantitative estimate of drug-likeness (QED) is 0.533. The maximum atomic E-state index is 12.9. The van der Waals surface area contributed by atoms with Crippen molar-refractivity contribution in [2.75, 3.05) is 0 Å². The molecule has 1 unspecified atom stereocenters. The van der Waals surface area contributed by atoms with E-state index in [0.717, 1.165) is 17.5 Å². The molecule has 0 radical (unpaired) electrons. The zero-order valence-electron chi connectivity index (χ0n) is 5.55. The molecule has 0 aliphatic heterocycles. The number of rotatable bonds is 0.